The van der Waals surface area contributed by atoms with Crippen molar-refractivity contribution in [3.05, 3.63) is 36.0 Å². The van der Waals surface area contributed by atoms with Crippen LogP contribution in [0.3, 0.4) is 0 Å². The lowest BCUT2D eigenvalue weighted by Crippen LogP contribution is -2.59. The SMILES string of the molecule is CCOc1ccc2nc(C(F)(F)F)c(O[C@@H]3C[C@H]4C(=O)N[C@]5(C(=O)NS(=O)(=O)C6CC6)C[C@H]5/C=C\CC[C@@H](C)C[C@@H](CC)[C@H](NC(=O)O)C(=O)N4C3)nc2c1. The lowest BCUT2D eigenvalue weighted by atomic mass is 9.85. The first-order valence-electron chi connectivity index (χ1n) is 18.5. The lowest BCUT2D eigenvalue weighted by Gasteiger charge is -2.33. The Labute approximate surface area is 315 Å². The van der Waals surface area contributed by atoms with Crippen molar-refractivity contribution < 1.29 is 55.3 Å². The van der Waals surface area contributed by atoms with Crippen LogP contribution in [0.2, 0.25) is 0 Å². The molecule has 3 fully saturated rings. The van der Waals surface area contributed by atoms with E-state index in [1.807, 2.05) is 13.0 Å². The molecule has 1 aromatic carbocycles. The molecule has 15 nitrogen and oxygen atoms in total. The number of carbonyl (C=O) groups excluding carboxylic acids is 3. The Morgan fingerprint density at radius 3 is 2.51 bits per heavy atom. The van der Waals surface area contributed by atoms with E-state index < -0.39 is 98.9 Å². The number of halogens is 3. The predicted molar refractivity (Wildman–Crippen MR) is 190 cm³/mol. The molecule has 1 aromatic heterocycles. The largest absolute Gasteiger partial charge is 0.494 e. The molecule has 2 aliphatic carbocycles. The molecule has 2 saturated carbocycles. The van der Waals surface area contributed by atoms with Gasteiger partial charge in [-0.1, -0.05) is 32.4 Å². The molecule has 1 saturated heterocycles. The topological polar surface area (TPSA) is 206 Å². The standard InChI is InChI=1S/C36H45F3N6O9S/c1-4-20-14-19(3)8-6-7-9-21-17-35(21,33(48)44-55(51,52)24-11-12-24)43-30(46)27-16-23(18-45(27)32(47)28(20)42-34(49)50)54-31-29(36(37,38)39)40-25-13-10-22(53-5-2)15-26(25)41-31/h7,9-10,13,15,19-21,23-24,27-28,42H,4-6,8,11-12,14,16-18H2,1-3H3,(H,43,46)(H,44,48)(H,49,50)/b9-7-/t19-,20-,21-,23-,27+,28+,35-/m1/s1. The maximum atomic E-state index is 14.5. The number of ether oxygens (including phenoxy) is 2. The molecule has 6 rings (SSSR count). The Kier molecular flexibility index (Phi) is 11.2. The van der Waals surface area contributed by atoms with Crippen molar-refractivity contribution in [1.82, 2.24) is 30.2 Å². The number of nitrogens with one attached hydrogen (secondary N) is 3. The van der Waals surface area contributed by atoms with Crippen LogP contribution >= 0.6 is 0 Å². The third-order valence-electron chi connectivity index (χ3n) is 10.7. The highest BCUT2D eigenvalue weighted by atomic mass is 32.2. The Balaban J connectivity index is 1.38. The van der Waals surface area contributed by atoms with Gasteiger partial charge in [-0.2, -0.15) is 13.2 Å². The predicted octanol–water partition coefficient (Wildman–Crippen LogP) is 3.92. The molecule has 2 aliphatic heterocycles. The summed E-state index contributed by atoms with van der Waals surface area (Å²) in [5, 5.41) is 14.1. The molecule has 55 heavy (non-hydrogen) atoms. The number of fused-ring (bicyclic) bond motifs is 3. The first-order valence-corrected chi connectivity index (χ1v) is 20.0. The van der Waals surface area contributed by atoms with E-state index in [1.54, 1.807) is 19.9 Å². The van der Waals surface area contributed by atoms with Gasteiger partial charge < -0.3 is 30.1 Å². The lowest BCUT2D eigenvalue weighted by molar-refractivity contribution is -0.143. The molecule has 300 valence electrons. The number of carbonyl (C=O) groups is 4. The fraction of sp³-hybridized carbons (Fsp3) is 0.611. The van der Waals surface area contributed by atoms with Gasteiger partial charge in [0.15, 0.2) is 0 Å². The van der Waals surface area contributed by atoms with E-state index in [-0.39, 0.29) is 36.4 Å². The first kappa shape index (κ1) is 40.0. The molecule has 7 atom stereocenters. The van der Waals surface area contributed by atoms with E-state index in [4.69, 9.17) is 9.47 Å². The molecule has 0 unspecified atom stereocenters. The number of aromatic nitrogens is 2. The summed E-state index contributed by atoms with van der Waals surface area (Å²) in [6.45, 7) is 5.33. The average molecular weight is 795 g/mol. The Hall–Kier alpha value is -4.68. The van der Waals surface area contributed by atoms with E-state index in [1.165, 1.54) is 18.2 Å². The highest BCUT2D eigenvalue weighted by molar-refractivity contribution is 7.91. The number of carboxylic acid groups (broad SMARTS) is 1. The molecule has 0 radical (unpaired) electrons. The summed E-state index contributed by atoms with van der Waals surface area (Å²) in [5.74, 6) is -4.28. The van der Waals surface area contributed by atoms with Gasteiger partial charge in [-0.05, 0) is 69.4 Å². The molecule has 0 spiro atoms. The van der Waals surface area contributed by atoms with Crippen LogP contribution in [0.15, 0.2) is 30.4 Å². The van der Waals surface area contributed by atoms with E-state index in [9.17, 15) is 45.9 Å². The van der Waals surface area contributed by atoms with E-state index in [2.05, 4.69) is 25.3 Å². The van der Waals surface area contributed by atoms with Crippen molar-refractivity contribution in [2.75, 3.05) is 13.2 Å². The molecule has 4 N–H and O–H groups in total. The number of allylic oxidation sites excluding steroid dienone is 1. The zero-order chi connectivity index (χ0) is 39.9. The quantitative estimate of drug-likeness (QED) is 0.268. The maximum absolute atomic E-state index is 14.5. The Morgan fingerprint density at radius 1 is 1.11 bits per heavy atom. The second-order valence-electron chi connectivity index (χ2n) is 14.8. The molecular weight excluding hydrogens is 749 g/mol. The molecule has 3 heterocycles. The van der Waals surface area contributed by atoms with Gasteiger partial charge in [0, 0.05) is 18.4 Å². The van der Waals surface area contributed by atoms with Crippen LogP contribution in [-0.2, 0) is 30.6 Å². The van der Waals surface area contributed by atoms with Gasteiger partial charge in [0.1, 0.15) is 29.5 Å². The smallest absolute Gasteiger partial charge is 0.438 e. The van der Waals surface area contributed by atoms with Crippen molar-refractivity contribution in [3.8, 4) is 11.6 Å². The fourth-order valence-corrected chi connectivity index (χ4v) is 8.91. The molecule has 2 aromatic rings. The second kappa shape index (κ2) is 15.5. The van der Waals surface area contributed by atoms with Gasteiger partial charge >= 0.3 is 12.3 Å². The number of sulfonamides is 1. The van der Waals surface area contributed by atoms with Crippen LogP contribution in [0.5, 0.6) is 11.6 Å². The summed E-state index contributed by atoms with van der Waals surface area (Å²) in [5.41, 5.74) is -3.18. The minimum absolute atomic E-state index is 0.0160. The van der Waals surface area contributed by atoms with Crippen molar-refractivity contribution in [2.45, 2.75) is 107 Å². The van der Waals surface area contributed by atoms with E-state index in [0.717, 1.165) is 4.90 Å². The zero-order valence-electron chi connectivity index (χ0n) is 30.6. The zero-order valence-corrected chi connectivity index (χ0v) is 31.4. The highest BCUT2D eigenvalue weighted by Crippen LogP contribution is 2.46. The average Bonchev–Trinajstić information content (AvgIpc) is 4.04. The third kappa shape index (κ3) is 8.75. The van der Waals surface area contributed by atoms with Gasteiger partial charge in [0.25, 0.3) is 5.91 Å². The number of rotatable bonds is 9. The number of amides is 4. The number of benzene rings is 1. The Morgan fingerprint density at radius 2 is 1.85 bits per heavy atom. The molecule has 19 heteroatoms. The van der Waals surface area contributed by atoms with Crippen molar-refractivity contribution >= 4 is 44.9 Å². The van der Waals surface area contributed by atoms with Crippen LogP contribution < -0.4 is 24.8 Å². The first-order chi connectivity index (χ1) is 25.9. The number of nitrogens with zero attached hydrogens (tertiary/aromatic N) is 3. The van der Waals surface area contributed by atoms with Crippen LogP contribution in [0, 0.1) is 17.8 Å². The normalized spacial score (nSPS) is 29.5. The van der Waals surface area contributed by atoms with Crippen molar-refractivity contribution in [1.29, 1.82) is 0 Å². The van der Waals surface area contributed by atoms with Gasteiger partial charge in [-0.15, -0.1) is 0 Å². The summed E-state index contributed by atoms with van der Waals surface area (Å²) in [6.07, 6.45) is -1.67. The van der Waals surface area contributed by atoms with Crippen LogP contribution in [0.25, 0.3) is 11.0 Å². The summed E-state index contributed by atoms with van der Waals surface area (Å²) < 4.78 is 82.2. The van der Waals surface area contributed by atoms with Crippen LogP contribution in [0.4, 0.5) is 18.0 Å². The summed E-state index contributed by atoms with van der Waals surface area (Å²) in [4.78, 5) is 63.4. The molecular formula is C36H45F3N6O9S. The monoisotopic (exact) mass is 794 g/mol. The molecule has 0 bridgehead atoms. The summed E-state index contributed by atoms with van der Waals surface area (Å²) >= 11 is 0. The van der Waals surface area contributed by atoms with Crippen LogP contribution in [-0.4, -0.2) is 94.3 Å². The van der Waals surface area contributed by atoms with Gasteiger partial charge in [0.2, 0.25) is 33.4 Å². The van der Waals surface area contributed by atoms with E-state index >= 15 is 0 Å². The minimum Gasteiger partial charge on any atom is -0.494 e. The van der Waals surface area contributed by atoms with Crippen molar-refractivity contribution in [3.63, 3.8) is 0 Å². The summed E-state index contributed by atoms with van der Waals surface area (Å²) in [6, 6.07) is 1.38. The van der Waals surface area contributed by atoms with E-state index in [0.29, 0.717) is 44.3 Å². The van der Waals surface area contributed by atoms with Gasteiger partial charge in [-0.25, -0.2) is 23.2 Å². The fourth-order valence-electron chi connectivity index (χ4n) is 7.55. The minimum atomic E-state index is -5.01. The number of alkyl halides is 3. The van der Waals surface area contributed by atoms with Crippen LogP contribution in [0.1, 0.15) is 77.8 Å². The molecule has 4 amide bonds. The number of hydrogen-bond acceptors (Lipinski definition) is 10. The van der Waals surface area contributed by atoms with Gasteiger partial charge in [-0.3, -0.25) is 19.1 Å². The van der Waals surface area contributed by atoms with Crippen molar-refractivity contribution in [2.24, 2.45) is 17.8 Å². The Bertz CT molecular complexity index is 1980. The second-order valence-corrected chi connectivity index (χ2v) is 16.8. The van der Waals surface area contributed by atoms with Gasteiger partial charge in [0.05, 0.1) is 29.4 Å². The molecule has 4 aliphatic rings. The highest BCUT2D eigenvalue weighted by Gasteiger charge is 2.62. The summed E-state index contributed by atoms with van der Waals surface area (Å²) in [7, 11) is -4.01. The third-order valence-corrected chi connectivity index (χ3v) is 12.5. The maximum Gasteiger partial charge on any atom is 0.438 e. The number of hydrogen-bond donors (Lipinski definition) is 4.